The average molecular weight is 396 g/mol. The van der Waals surface area contributed by atoms with Crippen molar-refractivity contribution in [3.63, 3.8) is 0 Å². The first-order valence-electron chi connectivity index (χ1n) is 9.20. The predicted octanol–water partition coefficient (Wildman–Crippen LogP) is 3.33. The molecular formula is C22H21FN2O4. The van der Waals surface area contributed by atoms with Gasteiger partial charge in [-0.05, 0) is 36.8 Å². The van der Waals surface area contributed by atoms with E-state index in [1.54, 1.807) is 61.7 Å². The molecule has 0 aliphatic carbocycles. The number of para-hydroxylation sites is 1. The summed E-state index contributed by atoms with van der Waals surface area (Å²) >= 11 is 0. The number of aromatic nitrogens is 2. The molecule has 3 rings (SSSR count). The van der Waals surface area contributed by atoms with Crippen molar-refractivity contribution in [1.29, 1.82) is 0 Å². The Balaban J connectivity index is 1.72. The van der Waals surface area contributed by atoms with Gasteiger partial charge in [-0.3, -0.25) is 0 Å². The fraction of sp³-hybridized carbons (Fsp3) is 0.227. The van der Waals surface area contributed by atoms with Crippen LogP contribution in [0.5, 0.6) is 5.75 Å². The lowest BCUT2D eigenvalue weighted by atomic mass is 10.1. The minimum absolute atomic E-state index is 0.0687. The molecule has 0 aliphatic heterocycles. The second kappa shape index (κ2) is 9.75. The number of halogens is 1. The van der Waals surface area contributed by atoms with Crippen LogP contribution >= 0.6 is 0 Å². The molecule has 0 radical (unpaired) electrons. The van der Waals surface area contributed by atoms with Crippen LogP contribution in [0, 0.1) is 5.82 Å². The summed E-state index contributed by atoms with van der Waals surface area (Å²) in [4.78, 5) is 20.2. The Kier molecular flexibility index (Phi) is 6.86. The van der Waals surface area contributed by atoms with Crippen LogP contribution in [-0.2, 0) is 22.6 Å². The molecule has 6 nitrogen and oxygen atoms in total. The summed E-state index contributed by atoms with van der Waals surface area (Å²) in [7, 11) is 0. The summed E-state index contributed by atoms with van der Waals surface area (Å²) in [6, 6.07) is 15.1. The van der Waals surface area contributed by atoms with Crippen LogP contribution in [0.25, 0.3) is 11.4 Å². The average Bonchev–Trinajstić information content (AvgIpc) is 2.74. The fourth-order valence-electron chi connectivity index (χ4n) is 2.74. The van der Waals surface area contributed by atoms with Crippen LogP contribution in [0.15, 0.2) is 60.8 Å². The molecule has 0 fully saturated rings. The third kappa shape index (κ3) is 5.36. The Morgan fingerprint density at radius 2 is 1.90 bits per heavy atom. The molecular weight excluding hydrogens is 375 g/mol. The normalized spacial score (nSPS) is 11.7. The number of esters is 1. The molecule has 0 unspecified atom stereocenters. The molecule has 0 saturated heterocycles. The predicted molar refractivity (Wildman–Crippen MR) is 105 cm³/mol. The van der Waals surface area contributed by atoms with E-state index in [1.165, 1.54) is 6.07 Å². The van der Waals surface area contributed by atoms with Gasteiger partial charge in [-0.25, -0.2) is 19.2 Å². The van der Waals surface area contributed by atoms with Gasteiger partial charge < -0.3 is 14.6 Å². The van der Waals surface area contributed by atoms with Gasteiger partial charge in [0.05, 0.1) is 17.9 Å². The van der Waals surface area contributed by atoms with Crippen molar-refractivity contribution in [3.8, 4) is 17.1 Å². The molecule has 0 aliphatic rings. The number of carbonyl (C=O) groups excluding carboxylic acids is 1. The van der Waals surface area contributed by atoms with Crippen molar-refractivity contribution in [2.75, 3.05) is 6.61 Å². The minimum atomic E-state index is -1.27. The first-order valence-corrected chi connectivity index (χ1v) is 9.20. The Bertz CT molecular complexity index is 980. The summed E-state index contributed by atoms with van der Waals surface area (Å²) in [5.74, 6) is -0.284. The van der Waals surface area contributed by atoms with E-state index in [-0.39, 0.29) is 25.5 Å². The molecule has 7 heteroatoms. The highest BCUT2D eigenvalue weighted by Gasteiger charge is 2.19. The van der Waals surface area contributed by atoms with Gasteiger partial charge in [0, 0.05) is 12.6 Å². The number of benzene rings is 2. The second-order valence-corrected chi connectivity index (χ2v) is 6.22. The van der Waals surface area contributed by atoms with Gasteiger partial charge in [0.15, 0.2) is 11.9 Å². The third-order valence-electron chi connectivity index (χ3n) is 4.15. The van der Waals surface area contributed by atoms with Crippen LogP contribution in [0.1, 0.15) is 18.2 Å². The summed E-state index contributed by atoms with van der Waals surface area (Å²) in [6.45, 7) is 2.00. The lowest BCUT2D eigenvalue weighted by Crippen LogP contribution is -2.25. The molecule has 0 amide bonds. The van der Waals surface area contributed by atoms with Crippen molar-refractivity contribution in [1.82, 2.24) is 9.97 Å². The van der Waals surface area contributed by atoms with E-state index in [0.29, 0.717) is 22.6 Å². The van der Waals surface area contributed by atoms with Gasteiger partial charge in [-0.1, -0.05) is 30.3 Å². The largest absolute Gasteiger partial charge is 0.487 e. The number of aliphatic hydroxyl groups excluding tert-OH is 1. The first-order chi connectivity index (χ1) is 14.1. The second-order valence-electron chi connectivity index (χ2n) is 6.22. The van der Waals surface area contributed by atoms with E-state index in [9.17, 15) is 14.3 Å². The van der Waals surface area contributed by atoms with Crippen molar-refractivity contribution in [2.45, 2.75) is 26.1 Å². The number of rotatable bonds is 8. The van der Waals surface area contributed by atoms with Crippen molar-refractivity contribution < 1.29 is 23.8 Å². The standard InChI is InChI=1S/C22H21FN2O4/c1-2-28-22(27)19(26)13-15-7-3-6-10-20(15)29-14-16-11-12-24-21(25-16)17-8-4-5-9-18(17)23/h3-12,19,26H,2,13-14H2,1H3/t19-/m0/s1. The van der Waals surface area contributed by atoms with Gasteiger partial charge in [-0.15, -0.1) is 0 Å². The van der Waals surface area contributed by atoms with Crippen LogP contribution in [0.3, 0.4) is 0 Å². The van der Waals surface area contributed by atoms with Crippen LogP contribution in [-0.4, -0.2) is 33.8 Å². The molecule has 150 valence electrons. The van der Waals surface area contributed by atoms with Gasteiger partial charge in [0.1, 0.15) is 18.2 Å². The zero-order valence-electron chi connectivity index (χ0n) is 15.9. The highest BCUT2D eigenvalue weighted by Crippen LogP contribution is 2.22. The Morgan fingerprint density at radius 3 is 2.69 bits per heavy atom. The molecule has 1 atom stereocenters. The summed E-state index contributed by atoms with van der Waals surface area (Å²) in [6.07, 6.45) is 0.342. The lowest BCUT2D eigenvalue weighted by molar-refractivity contribution is -0.152. The molecule has 0 bridgehead atoms. The van der Waals surface area contributed by atoms with Crippen LogP contribution in [0.2, 0.25) is 0 Å². The van der Waals surface area contributed by atoms with E-state index < -0.39 is 17.9 Å². The smallest absolute Gasteiger partial charge is 0.335 e. The highest BCUT2D eigenvalue weighted by molar-refractivity contribution is 5.74. The minimum Gasteiger partial charge on any atom is -0.487 e. The number of hydrogen-bond acceptors (Lipinski definition) is 6. The zero-order valence-corrected chi connectivity index (χ0v) is 15.9. The van der Waals surface area contributed by atoms with Crippen molar-refractivity contribution in [2.24, 2.45) is 0 Å². The van der Waals surface area contributed by atoms with E-state index in [0.717, 1.165) is 0 Å². The number of nitrogens with zero attached hydrogens (tertiary/aromatic N) is 2. The fourth-order valence-corrected chi connectivity index (χ4v) is 2.74. The quantitative estimate of drug-likeness (QED) is 0.588. The number of hydrogen-bond donors (Lipinski definition) is 1. The third-order valence-corrected chi connectivity index (χ3v) is 4.15. The molecule has 1 aromatic heterocycles. The van der Waals surface area contributed by atoms with Crippen molar-refractivity contribution in [3.05, 3.63) is 77.9 Å². The Morgan fingerprint density at radius 1 is 1.14 bits per heavy atom. The number of carbonyl (C=O) groups is 1. The monoisotopic (exact) mass is 396 g/mol. The van der Waals surface area contributed by atoms with Gasteiger partial charge in [0.2, 0.25) is 0 Å². The maximum Gasteiger partial charge on any atom is 0.335 e. The molecule has 29 heavy (non-hydrogen) atoms. The van der Waals surface area contributed by atoms with E-state index >= 15 is 0 Å². The zero-order chi connectivity index (χ0) is 20.6. The molecule has 1 N–H and O–H groups in total. The Hall–Kier alpha value is -3.32. The van der Waals surface area contributed by atoms with Gasteiger partial charge in [-0.2, -0.15) is 0 Å². The molecule has 0 spiro atoms. The van der Waals surface area contributed by atoms with Gasteiger partial charge in [0.25, 0.3) is 0 Å². The Labute approximate surface area is 168 Å². The SMILES string of the molecule is CCOC(=O)[C@@H](O)Cc1ccccc1OCc1ccnc(-c2ccccc2F)n1. The maximum absolute atomic E-state index is 14.0. The van der Waals surface area contributed by atoms with E-state index in [1.807, 2.05) is 0 Å². The maximum atomic E-state index is 14.0. The molecule has 3 aromatic rings. The van der Waals surface area contributed by atoms with E-state index in [2.05, 4.69) is 9.97 Å². The van der Waals surface area contributed by atoms with E-state index in [4.69, 9.17) is 9.47 Å². The topological polar surface area (TPSA) is 81.5 Å². The van der Waals surface area contributed by atoms with Crippen molar-refractivity contribution >= 4 is 5.97 Å². The molecule has 1 heterocycles. The van der Waals surface area contributed by atoms with Gasteiger partial charge >= 0.3 is 5.97 Å². The van der Waals surface area contributed by atoms with Crippen LogP contribution < -0.4 is 4.74 Å². The summed E-state index contributed by atoms with van der Waals surface area (Å²) in [5.41, 5.74) is 1.54. The highest BCUT2D eigenvalue weighted by atomic mass is 19.1. The molecule has 0 saturated carbocycles. The molecule has 2 aromatic carbocycles. The summed E-state index contributed by atoms with van der Waals surface area (Å²) in [5, 5.41) is 10.0. The first kappa shape index (κ1) is 20.4. The lowest BCUT2D eigenvalue weighted by Gasteiger charge is -2.14. The number of ether oxygens (including phenoxy) is 2. The number of aliphatic hydroxyl groups is 1. The van der Waals surface area contributed by atoms with Crippen LogP contribution in [0.4, 0.5) is 4.39 Å². The summed E-state index contributed by atoms with van der Waals surface area (Å²) < 4.78 is 24.6.